The molecular weight excluding hydrogens is 318 g/mol. The number of anilines is 1. The van der Waals surface area contributed by atoms with Gasteiger partial charge in [-0.15, -0.1) is 0 Å². The molecule has 0 radical (unpaired) electrons. The van der Waals surface area contributed by atoms with Crippen LogP contribution >= 0.6 is 12.2 Å². The first kappa shape index (κ1) is 17.5. The van der Waals surface area contributed by atoms with Gasteiger partial charge in [0.1, 0.15) is 11.5 Å². The standard InChI is InChI=1S/C12H12F6N2S/c1-2-20(6-11(13,14)15)9-4-3-7(12(16,17)18)5-8(9)10(19)21/h3-5H,2,6H2,1H3,(H2,19,21). The molecule has 0 aliphatic carbocycles. The predicted octanol–water partition coefficient (Wildman–Crippen LogP) is 3.73. The van der Waals surface area contributed by atoms with Crippen LogP contribution in [0.1, 0.15) is 18.1 Å². The van der Waals surface area contributed by atoms with Gasteiger partial charge in [-0.05, 0) is 25.1 Å². The van der Waals surface area contributed by atoms with Gasteiger partial charge in [-0.3, -0.25) is 0 Å². The molecule has 0 heterocycles. The average molecular weight is 330 g/mol. The number of hydrogen-bond donors (Lipinski definition) is 1. The van der Waals surface area contributed by atoms with E-state index in [1.165, 1.54) is 6.92 Å². The molecule has 1 aromatic rings. The zero-order chi connectivity index (χ0) is 16.4. The number of alkyl halides is 6. The van der Waals surface area contributed by atoms with Gasteiger partial charge in [0.25, 0.3) is 0 Å². The Kier molecular flexibility index (Phi) is 5.08. The van der Waals surface area contributed by atoms with Crippen LogP contribution in [0.25, 0.3) is 0 Å². The summed E-state index contributed by atoms with van der Waals surface area (Å²) in [7, 11) is 0. The number of thiocarbonyl (C=S) groups is 1. The summed E-state index contributed by atoms with van der Waals surface area (Å²) in [6, 6.07) is 2.32. The fourth-order valence-electron chi connectivity index (χ4n) is 1.77. The number of rotatable bonds is 4. The van der Waals surface area contributed by atoms with Gasteiger partial charge in [0.2, 0.25) is 0 Å². The molecule has 2 nitrogen and oxygen atoms in total. The molecular formula is C12H12F6N2S. The van der Waals surface area contributed by atoms with E-state index in [1.807, 2.05) is 0 Å². The molecule has 0 atom stereocenters. The molecule has 1 rings (SSSR count). The second kappa shape index (κ2) is 6.08. The molecule has 0 saturated heterocycles. The Bertz CT molecular complexity index is 523. The van der Waals surface area contributed by atoms with Crippen LogP contribution in [0.4, 0.5) is 32.0 Å². The van der Waals surface area contributed by atoms with Gasteiger partial charge in [0.15, 0.2) is 0 Å². The highest BCUT2D eigenvalue weighted by atomic mass is 32.1. The van der Waals surface area contributed by atoms with E-state index < -0.39 is 29.4 Å². The van der Waals surface area contributed by atoms with Gasteiger partial charge < -0.3 is 10.6 Å². The molecule has 0 aliphatic rings. The Morgan fingerprint density at radius 1 is 1.19 bits per heavy atom. The Morgan fingerprint density at radius 2 is 1.76 bits per heavy atom. The zero-order valence-corrected chi connectivity index (χ0v) is 11.7. The zero-order valence-electron chi connectivity index (χ0n) is 10.8. The Balaban J connectivity index is 3.31. The second-order valence-electron chi connectivity index (χ2n) is 4.22. The molecule has 0 unspecified atom stereocenters. The molecule has 0 bridgehead atoms. The van der Waals surface area contributed by atoms with Crippen molar-refractivity contribution in [3.05, 3.63) is 29.3 Å². The van der Waals surface area contributed by atoms with Crippen molar-refractivity contribution in [3.8, 4) is 0 Å². The van der Waals surface area contributed by atoms with Crippen LogP contribution in [-0.4, -0.2) is 24.3 Å². The molecule has 0 aliphatic heterocycles. The number of benzene rings is 1. The first-order valence-electron chi connectivity index (χ1n) is 5.78. The quantitative estimate of drug-likeness (QED) is 0.674. The third-order valence-corrected chi connectivity index (χ3v) is 2.90. The second-order valence-corrected chi connectivity index (χ2v) is 4.66. The number of nitrogens with zero attached hydrogens (tertiary/aromatic N) is 1. The average Bonchev–Trinajstić information content (AvgIpc) is 2.33. The first-order valence-corrected chi connectivity index (χ1v) is 6.19. The van der Waals surface area contributed by atoms with E-state index in [-0.39, 0.29) is 17.8 Å². The highest BCUT2D eigenvalue weighted by Gasteiger charge is 2.34. The summed E-state index contributed by atoms with van der Waals surface area (Å²) < 4.78 is 75.4. The molecule has 0 amide bonds. The Hall–Kier alpha value is -1.51. The largest absolute Gasteiger partial charge is 0.416 e. The third-order valence-electron chi connectivity index (χ3n) is 2.68. The smallest absolute Gasteiger partial charge is 0.389 e. The molecule has 1 aromatic carbocycles. The van der Waals surface area contributed by atoms with E-state index in [9.17, 15) is 26.3 Å². The van der Waals surface area contributed by atoms with Crippen molar-refractivity contribution in [3.63, 3.8) is 0 Å². The monoisotopic (exact) mass is 330 g/mol. The summed E-state index contributed by atoms with van der Waals surface area (Å²) in [6.07, 6.45) is -9.12. The third kappa shape index (κ3) is 4.76. The summed E-state index contributed by atoms with van der Waals surface area (Å²) in [5.74, 6) is 0. The fraction of sp³-hybridized carbons (Fsp3) is 0.417. The fourth-order valence-corrected chi connectivity index (χ4v) is 1.93. The highest BCUT2D eigenvalue weighted by Crippen LogP contribution is 2.33. The van der Waals surface area contributed by atoms with Crippen LogP contribution in [-0.2, 0) is 6.18 Å². The van der Waals surface area contributed by atoms with Crippen LogP contribution < -0.4 is 10.6 Å². The van der Waals surface area contributed by atoms with Crippen molar-refractivity contribution in [2.75, 3.05) is 18.0 Å². The van der Waals surface area contributed by atoms with E-state index in [0.29, 0.717) is 12.1 Å². The maximum atomic E-state index is 12.6. The van der Waals surface area contributed by atoms with Gasteiger partial charge in [-0.25, -0.2) is 0 Å². The van der Waals surface area contributed by atoms with E-state index in [1.54, 1.807) is 0 Å². The van der Waals surface area contributed by atoms with E-state index in [4.69, 9.17) is 5.73 Å². The highest BCUT2D eigenvalue weighted by molar-refractivity contribution is 7.80. The number of hydrogen-bond acceptors (Lipinski definition) is 2. The lowest BCUT2D eigenvalue weighted by Gasteiger charge is -2.27. The number of nitrogens with two attached hydrogens (primary N) is 1. The van der Waals surface area contributed by atoms with Gasteiger partial charge in [-0.1, -0.05) is 12.2 Å². The van der Waals surface area contributed by atoms with Gasteiger partial charge in [-0.2, -0.15) is 26.3 Å². The predicted molar refractivity (Wildman–Crippen MR) is 71.3 cm³/mol. The SMILES string of the molecule is CCN(CC(F)(F)F)c1ccc(C(F)(F)F)cc1C(N)=S. The van der Waals surface area contributed by atoms with Crippen molar-refractivity contribution < 1.29 is 26.3 Å². The van der Waals surface area contributed by atoms with Crippen molar-refractivity contribution in [1.29, 1.82) is 0 Å². The first-order chi connectivity index (χ1) is 9.45. The van der Waals surface area contributed by atoms with Crippen LogP contribution in [0.3, 0.4) is 0 Å². The van der Waals surface area contributed by atoms with E-state index in [2.05, 4.69) is 12.2 Å². The van der Waals surface area contributed by atoms with Gasteiger partial charge in [0.05, 0.1) is 5.56 Å². The van der Waals surface area contributed by atoms with Crippen molar-refractivity contribution in [2.24, 2.45) is 5.73 Å². The molecule has 0 spiro atoms. The van der Waals surface area contributed by atoms with Gasteiger partial charge in [0, 0.05) is 17.8 Å². The summed E-state index contributed by atoms with van der Waals surface area (Å²) >= 11 is 4.64. The lowest BCUT2D eigenvalue weighted by Crippen LogP contribution is -2.35. The molecule has 0 aromatic heterocycles. The minimum atomic E-state index is -4.63. The van der Waals surface area contributed by atoms with Crippen LogP contribution in [0.15, 0.2) is 18.2 Å². The molecule has 2 N–H and O–H groups in total. The molecule has 118 valence electrons. The summed E-state index contributed by atoms with van der Waals surface area (Å²) in [4.78, 5) is 0.478. The van der Waals surface area contributed by atoms with Crippen molar-refractivity contribution in [1.82, 2.24) is 0 Å². The lowest BCUT2D eigenvalue weighted by molar-refractivity contribution is -0.137. The summed E-state index contributed by atoms with van der Waals surface area (Å²) in [5.41, 5.74) is 4.02. The van der Waals surface area contributed by atoms with Gasteiger partial charge >= 0.3 is 12.4 Å². The maximum absolute atomic E-state index is 12.6. The molecule has 9 heteroatoms. The van der Waals surface area contributed by atoms with Crippen LogP contribution in [0, 0.1) is 0 Å². The van der Waals surface area contributed by atoms with Crippen molar-refractivity contribution in [2.45, 2.75) is 19.3 Å². The molecule has 0 saturated carbocycles. The minimum Gasteiger partial charge on any atom is -0.389 e. The Morgan fingerprint density at radius 3 is 2.14 bits per heavy atom. The maximum Gasteiger partial charge on any atom is 0.416 e. The lowest BCUT2D eigenvalue weighted by atomic mass is 10.1. The van der Waals surface area contributed by atoms with Crippen LogP contribution in [0.5, 0.6) is 0 Å². The molecule has 0 fully saturated rings. The minimum absolute atomic E-state index is 0.0551. The topological polar surface area (TPSA) is 29.3 Å². The van der Waals surface area contributed by atoms with E-state index >= 15 is 0 Å². The Labute approximate surface area is 122 Å². The van der Waals surface area contributed by atoms with Crippen LogP contribution in [0.2, 0.25) is 0 Å². The molecule has 21 heavy (non-hydrogen) atoms. The summed E-state index contributed by atoms with van der Waals surface area (Å²) in [5, 5.41) is 0. The number of halogens is 6. The summed E-state index contributed by atoms with van der Waals surface area (Å²) in [6.45, 7) is 0.0950. The van der Waals surface area contributed by atoms with Crippen molar-refractivity contribution >= 4 is 22.9 Å². The van der Waals surface area contributed by atoms with E-state index in [0.717, 1.165) is 11.0 Å². The normalized spacial score (nSPS) is 12.3.